The Kier molecular flexibility index (Phi) is 6.09. The summed E-state index contributed by atoms with van der Waals surface area (Å²) in [5, 5.41) is 2.99. The number of nitrogens with one attached hydrogen (secondary N) is 1. The maximum atomic E-state index is 13.6. The van der Waals surface area contributed by atoms with E-state index in [4.69, 9.17) is 4.74 Å². The first-order valence-electron chi connectivity index (χ1n) is 8.16. The number of aromatic nitrogens is 1. The fraction of sp³-hybridized carbons (Fsp3) is 0.750. The number of rotatable bonds is 5. The van der Waals surface area contributed by atoms with Crippen LogP contribution in [-0.2, 0) is 23.6 Å². The van der Waals surface area contributed by atoms with Gasteiger partial charge in [0.05, 0.1) is 11.1 Å². The van der Waals surface area contributed by atoms with Gasteiger partial charge in [-0.15, -0.1) is 0 Å². The highest BCUT2D eigenvalue weighted by molar-refractivity contribution is 5.44. The smallest absolute Gasteiger partial charge is 0.385 e. The number of hydrogen-bond donors (Lipinski definition) is 1. The number of halogens is 6. The summed E-state index contributed by atoms with van der Waals surface area (Å²) in [5.41, 5.74) is -3.71. The maximum absolute atomic E-state index is 13.6. The summed E-state index contributed by atoms with van der Waals surface area (Å²) in [6.07, 6.45) is -8.71. The number of hydrogen-bond acceptors (Lipinski definition) is 2. The van der Waals surface area contributed by atoms with Crippen molar-refractivity contribution in [3.8, 4) is 0 Å². The van der Waals surface area contributed by atoms with E-state index in [0.717, 1.165) is 6.92 Å². The molecule has 1 unspecified atom stereocenters. The van der Waals surface area contributed by atoms with Gasteiger partial charge in [-0.3, -0.25) is 0 Å². The summed E-state index contributed by atoms with van der Waals surface area (Å²) in [4.78, 5) is 0. The minimum atomic E-state index is -5.06. The van der Waals surface area contributed by atoms with E-state index in [-0.39, 0.29) is 31.1 Å². The molecule has 9 heteroatoms. The Morgan fingerprint density at radius 1 is 1.12 bits per heavy atom. The summed E-state index contributed by atoms with van der Waals surface area (Å²) in [6, 6.07) is 0. The first kappa shape index (κ1) is 20.1. The molecule has 1 aliphatic rings. The van der Waals surface area contributed by atoms with Crippen LogP contribution in [0, 0.1) is 6.92 Å². The molecular formula is C16H22F6N2O. The van der Waals surface area contributed by atoms with E-state index >= 15 is 0 Å². The summed E-state index contributed by atoms with van der Waals surface area (Å²) in [6.45, 7) is 2.35. The van der Waals surface area contributed by atoms with Gasteiger partial charge in [-0.2, -0.15) is 26.3 Å². The van der Waals surface area contributed by atoms with Crippen LogP contribution in [0.4, 0.5) is 26.3 Å². The van der Waals surface area contributed by atoms with Crippen LogP contribution >= 0.6 is 0 Å². The van der Waals surface area contributed by atoms with Gasteiger partial charge in [0.2, 0.25) is 0 Å². The number of piperidine rings is 1. The molecule has 3 nitrogen and oxygen atoms in total. The molecule has 0 amide bonds. The molecule has 1 aromatic heterocycles. The standard InChI is InChI=1S/C16H22F6N2O/c1-10-12(15(17,18)19)13(16(20,21)22)14(11-5-3-6-23-9-11)24(10)7-4-8-25-2/h11,23H,3-9H2,1-2H3. The van der Waals surface area contributed by atoms with Gasteiger partial charge in [-0.05, 0) is 32.7 Å². The van der Waals surface area contributed by atoms with Crippen molar-refractivity contribution < 1.29 is 31.1 Å². The molecular weight excluding hydrogens is 350 g/mol. The number of nitrogens with zero attached hydrogens (tertiary/aromatic N) is 1. The molecule has 0 radical (unpaired) electrons. The van der Waals surface area contributed by atoms with Gasteiger partial charge in [-0.25, -0.2) is 0 Å². The Bertz CT molecular complexity index is 585. The molecule has 1 aliphatic heterocycles. The van der Waals surface area contributed by atoms with Crippen molar-refractivity contribution in [2.75, 3.05) is 26.8 Å². The lowest BCUT2D eigenvalue weighted by Crippen LogP contribution is -2.31. The monoisotopic (exact) mass is 372 g/mol. The predicted octanol–water partition coefficient (Wildman–Crippen LogP) is 4.34. The first-order chi connectivity index (χ1) is 11.6. The van der Waals surface area contributed by atoms with Crippen LogP contribution in [0.3, 0.4) is 0 Å². The molecule has 1 fully saturated rings. The average Bonchev–Trinajstić information content (AvgIpc) is 2.82. The van der Waals surface area contributed by atoms with Crippen molar-refractivity contribution in [3.05, 3.63) is 22.5 Å². The lowest BCUT2D eigenvalue weighted by atomic mass is 9.92. The van der Waals surface area contributed by atoms with E-state index in [9.17, 15) is 26.3 Å². The maximum Gasteiger partial charge on any atom is 0.418 e. The normalized spacial score (nSPS) is 19.4. The summed E-state index contributed by atoms with van der Waals surface area (Å²) in [7, 11) is 1.44. The highest BCUT2D eigenvalue weighted by Crippen LogP contribution is 2.48. The van der Waals surface area contributed by atoms with E-state index in [0.29, 0.717) is 25.8 Å². The molecule has 1 atom stereocenters. The highest BCUT2D eigenvalue weighted by atomic mass is 19.4. The third-order valence-corrected chi connectivity index (χ3v) is 4.54. The van der Waals surface area contributed by atoms with Crippen molar-refractivity contribution in [2.24, 2.45) is 0 Å². The fourth-order valence-corrected chi connectivity index (χ4v) is 3.56. The van der Waals surface area contributed by atoms with Crippen molar-refractivity contribution >= 4 is 0 Å². The lowest BCUT2D eigenvalue weighted by Gasteiger charge is -2.27. The molecule has 25 heavy (non-hydrogen) atoms. The van der Waals surface area contributed by atoms with Crippen molar-refractivity contribution in [1.29, 1.82) is 0 Å². The minimum Gasteiger partial charge on any atom is -0.385 e. The number of ether oxygens (including phenoxy) is 1. The SMILES string of the molecule is COCCCn1c(C)c(C(F)(F)F)c(C(F)(F)F)c1C1CCCNC1. The largest absolute Gasteiger partial charge is 0.418 e. The van der Waals surface area contributed by atoms with Crippen molar-refractivity contribution in [2.45, 2.75) is 51.0 Å². The summed E-state index contributed by atoms with van der Waals surface area (Å²) in [5.74, 6) is -0.595. The van der Waals surface area contributed by atoms with Crippen LogP contribution in [0.2, 0.25) is 0 Å². The third kappa shape index (κ3) is 4.31. The molecule has 0 aliphatic carbocycles. The highest BCUT2D eigenvalue weighted by Gasteiger charge is 2.50. The van der Waals surface area contributed by atoms with Gasteiger partial charge in [0.15, 0.2) is 0 Å². The Balaban J connectivity index is 2.65. The second-order valence-electron chi connectivity index (χ2n) is 6.26. The van der Waals surface area contributed by atoms with Gasteiger partial charge in [-0.1, -0.05) is 0 Å². The zero-order valence-corrected chi connectivity index (χ0v) is 14.2. The first-order valence-corrected chi connectivity index (χ1v) is 8.16. The van der Waals surface area contributed by atoms with E-state index in [1.807, 2.05) is 0 Å². The zero-order chi connectivity index (χ0) is 18.8. The molecule has 144 valence electrons. The molecule has 1 saturated heterocycles. The molecule has 2 heterocycles. The van der Waals surface area contributed by atoms with Gasteiger partial charge < -0.3 is 14.6 Å². The van der Waals surface area contributed by atoms with E-state index in [2.05, 4.69) is 5.32 Å². The summed E-state index contributed by atoms with van der Waals surface area (Å²) < 4.78 is 87.2. The van der Waals surface area contributed by atoms with Crippen molar-refractivity contribution in [3.63, 3.8) is 0 Å². The van der Waals surface area contributed by atoms with Gasteiger partial charge >= 0.3 is 12.4 Å². The molecule has 0 spiro atoms. The molecule has 1 aromatic rings. The van der Waals surface area contributed by atoms with Gasteiger partial charge in [0, 0.05) is 44.1 Å². The van der Waals surface area contributed by atoms with E-state index in [1.54, 1.807) is 0 Å². The molecule has 0 bridgehead atoms. The topological polar surface area (TPSA) is 26.2 Å². The van der Waals surface area contributed by atoms with Crippen LogP contribution < -0.4 is 5.32 Å². The molecule has 0 aromatic carbocycles. The van der Waals surface area contributed by atoms with Gasteiger partial charge in [0.1, 0.15) is 0 Å². The number of methoxy groups -OCH3 is 1. The predicted molar refractivity (Wildman–Crippen MR) is 80.5 cm³/mol. The Hall–Kier alpha value is -1.22. The summed E-state index contributed by atoms with van der Waals surface area (Å²) >= 11 is 0. The quantitative estimate of drug-likeness (QED) is 0.615. The van der Waals surface area contributed by atoms with Crippen LogP contribution in [0.5, 0.6) is 0 Å². The zero-order valence-electron chi connectivity index (χ0n) is 14.2. The second-order valence-corrected chi connectivity index (χ2v) is 6.26. The Morgan fingerprint density at radius 3 is 2.24 bits per heavy atom. The Labute approximate surface area is 142 Å². The number of alkyl halides is 6. The van der Waals surface area contributed by atoms with Crippen LogP contribution in [0.25, 0.3) is 0 Å². The Morgan fingerprint density at radius 2 is 1.76 bits per heavy atom. The van der Waals surface area contributed by atoms with E-state index in [1.165, 1.54) is 11.7 Å². The van der Waals surface area contributed by atoms with Crippen LogP contribution in [-0.4, -0.2) is 31.4 Å². The molecule has 1 N–H and O–H groups in total. The van der Waals surface area contributed by atoms with Crippen molar-refractivity contribution in [1.82, 2.24) is 9.88 Å². The second kappa shape index (κ2) is 7.57. The minimum absolute atomic E-state index is 0.0602. The third-order valence-electron chi connectivity index (χ3n) is 4.54. The van der Waals surface area contributed by atoms with E-state index < -0.39 is 29.4 Å². The fourth-order valence-electron chi connectivity index (χ4n) is 3.56. The molecule has 0 saturated carbocycles. The average molecular weight is 372 g/mol. The lowest BCUT2D eigenvalue weighted by molar-refractivity contribution is -0.162. The van der Waals surface area contributed by atoms with Crippen LogP contribution in [0.1, 0.15) is 47.7 Å². The van der Waals surface area contributed by atoms with Crippen LogP contribution in [0.15, 0.2) is 0 Å². The van der Waals surface area contributed by atoms with Gasteiger partial charge in [0.25, 0.3) is 0 Å². The molecule has 2 rings (SSSR count).